The first-order valence-corrected chi connectivity index (χ1v) is 12.1. The Morgan fingerprint density at radius 3 is 2.20 bits per heavy atom. The third-order valence-corrected chi connectivity index (χ3v) is 6.65. The van der Waals surface area contributed by atoms with Crippen LogP contribution in [0.5, 0.6) is 0 Å². The van der Waals surface area contributed by atoms with Crippen LogP contribution in [0.4, 0.5) is 5.69 Å². The van der Waals surface area contributed by atoms with Crippen LogP contribution < -0.4 is 4.90 Å². The van der Waals surface area contributed by atoms with Crippen LogP contribution in [0.3, 0.4) is 0 Å². The van der Waals surface area contributed by atoms with Crippen molar-refractivity contribution < 1.29 is 9.57 Å². The molecule has 5 heteroatoms. The van der Waals surface area contributed by atoms with Crippen LogP contribution in [0.25, 0.3) is 6.08 Å². The zero-order chi connectivity index (χ0) is 20.8. The quantitative estimate of drug-likeness (QED) is 0.565. The average Bonchev–Trinajstić information content (AvgIpc) is 3.19. The second-order valence-electron chi connectivity index (χ2n) is 8.74. The van der Waals surface area contributed by atoms with Gasteiger partial charge in [-0.3, -0.25) is 0 Å². The summed E-state index contributed by atoms with van der Waals surface area (Å²) >= 11 is 0. The van der Waals surface area contributed by atoms with E-state index in [-0.39, 0.29) is 0 Å². The van der Waals surface area contributed by atoms with Crippen molar-refractivity contribution in [3.63, 3.8) is 0 Å². The number of rotatable bonds is 6. The molecule has 0 N–H and O–H groups in total. The minimum Gasteiger partial charge on any atom is -0.389 e. The number of hydrogen-bond acceptors (Lipinski definition) is 4. The number of aliphatic imine (C=N–C) groups is 1. The van der Waals surface area contributed by atoms with E-state index in [4.69, 9.17) is 14.6 Å². The monoisotopic (exact) mass is 411 g/mol. The summed E-state index contributed by atoms with van der Waals surface area (Å²) in [5.41, 5.74) is 2.34. The largest absolute Gasteiger partial charge is 0.389 e. The van der Waals surface area contributed by atoms with Gasteiger partial charge in [-0.1, -0.05) is 50.7 Å². The smallest absolute Gasteiger partial charge is 0.330 e. The molecule has 0 unspecified atom stereocenters. The third-order valence-electron chi connectivity index (χ3n) is 6.65. The van der Waals surface area contributed by atoms with Gasteiger partial charge in [0.05, 0.1) is 12.1 Å². The third kappa shape index (κ3) is 5.11. The van der Waals surface area contributed by atoms with Gasteiger partial charge in [0.15, 0.2) is 0 Å². The zero-order valence-electron chi connectivity index (χ0n) is 18.7. The Kier molecular flexibility index (Phi) is 7.19. The van der Waals surface area contributed by atoms with E-state index in [0.717, 1.165) is 44.3 Å². The molecule has 1 aromatic carbocycles. The molecule has 0 aromatic heterocycles. The van der Waals surface area contributed by atoms with Crippen molar-refractivity contribution in [1.82, 2.24) is 5.06 Å². The maximum Gasteiger partial charge on any atom is 0.330 e. The van der Waals surface area contributed by atoms with Crippen LogP contribution in [-0.2, 0) is 9.57 Å². The van der Waals surface area contributed by atoms with E-state index in [1.165, 1.54) is 44.2 Å². The number of amidine groups is 1. The molecule has 3 fully saturated rings. The van der Waals surface area contributed by atoms with Gasteiger partial charge in [-0.05, 0) is 57.2 Å². The lowest BCUT2D eigenvalue weighted by Gasteiger charge is -2.28. The highest BCUT2D eigenvalue weighted by Gasteiger charge is 2.35. The normalized spacial score (nSPS) is 23.6. The van der Waals surface area contributed by atoms with Crippen LogP contribution in [0.15, 0.2) is 35.2 Å². The first kappa shape index (κ1) is 21.1. The molecule has 0 radical (unpaired) electrons. The fourth-order valence-corrected chi connectivity index (χ4v) is 4.85. The molecule has 164 valence electrons. The lowest BCUT2D eigenvalue weighted by atomic mass is 9.95. The predicted molar refractivity (Wildman–Crippen MR) is 123 cm³/mol. The zero-order valence-corrected chi connectivity index (χ0v) is 18.7. The van der Waals surface area contributed by atoms with Gasteiger partial charge in [-0.15, -0.1) is 0 Å². The molecule has 0 spiro atoms. The van der Waals surface area contributed by atoms with Crippen molar-refractivity contribution in [2.75, 3.05) is 18.0 Å². The Bertz CT molecular complexity index is 727. The van der Waals surface area contributed by atoms with Gasteiger partial charge < -0.3 is 14.5 Å². The standard InChI is InChI=1S/C25H37N3O2/c1-3-27(4-2)22-17-15-20(16-18-22)19-24-29-25(26-21-11-7-5-8-12-21)28(30-24)23-13-9-6-10-14-23/h15-19,21,23H,3-14H2,1-2H3/b24-19-,26-25?. The Labute approximate surface area is 181 Å². The van der Waals surface area contributed by atoms with Gasteiger partial charge >= 0.3 is 12.0 Å². The van der Waals surface area contributed by atoms with E-state index in [9.17, 15) is 0 Å². The summed E-state index contributed by atoms with van der Waals surface area (Å²) < 4.78 is 6.16. The highest BCUT2D eigenvalue weighted by Crippen LogP contribution is 2.31. The first-order valence-electron chi connectivity index (χ1n) is 12.1. The molecule has 30 heavy (non-hydrogen) atoms. The Hall–Kier alpha value is -2.17. The van der Waals surface area contributed by atoms with E-state index < -0.39 is 0 Å². The van der Waals surface area contributed by atoms with Crippen LogP contribution >= 0.6 is 0 Å². The lowest BCUT2D eigenvalue weighted by molar-refractivity contribution is -0.0797. The Morgan fingerprint density at radius 2 is 1.57 bits per heavy atom. The molecule has 0 amide bonds. The predicted octanol–water partition coefficient (Wildman–Crippen LogP) is 6.12. The van der Waals surface area contributed by atoms with E-state index in [1.807, 2.05) is 11.1 Å². The fourth-order valence-electron chi connectivity index (χ4n) is 4.85. The molecule has 1 aliphatic heterocycles. The molecule has 2 saturated carbocycles. The van der Waals surface area contributed by atoms with Crippen molar-refractivity contribution in [2.45, 2.75) is 90.1 Å². The number of nitrogens with zero attached hydrogens (tertiary/aromatic N) is 3. The number of ether oxygens (including phenoxy) is 1. The number of hydrogen-bond donors (Lipinski definition) is 0. The minimum absolute atomic E-state index is 0.371. The van der Waals surface area contributed by atoms with Crippen LogP contribution in [-0.4, -0.2) is 36.3 Å². The van der Waals surface area contributed by atoms with Gasteiger partial charge in [-0.2, -0.15) is 5.06 Å². The summed E-state index contributed by atoms with van der Waals surface area (Å²) in [6.07, 6.45) is 14.3. The molecule has 1 aromatic rings. The molecule has 0 bridgehead atoms. The SMILES string of the molecule is CCN(CC)c1ccc(/C=C2/OC(=NC3CCCCC3)N(C3CCCCC3)O2)cc1. The maximum atomic E-state index is 6.21. The summed E-state index contributed by atoms with van der Waals surface area (Å²) in [5, 5.41) is 1.98. The van der Waals surface area contributed by atoms with E-state index in [0.29, 0.717) is 24.1 Å². The van der Waals surface area contributed by atoms with E-state index >= 15 is 0 Å². The topological polar surface area (TPSA) is 37.3 Å². The fraction of sp³-hybridized carbons (Fsp3) is 0.640. The van der Waals surface area contributed by atoms with Crippen molar-refractivity contribution in [3.8, 4) is 0 Å². The molecule has 4 rings (SSSR count). The second kappa shape index (κ2) is 10.2. The molecule has 3 aliphatic rings. The highest BCUT2D eigenvalue weighted by molar-refractivity contribution is 5.77. The average molecular weight is 412 g/mol. The molecule has 0 atom stereocenters. The van der Waals surface area contributed by atoms with Gasteiger partial charge in [0.1, 0.15) is 0 Å². The molecular formula is C25H37N3O2. The minimum atomic E-state index is 0.371. The van der Waals surface area contributed by atoms with Crippen molar-refractivity contribution >= 4 is 17.8 Å². The number of benzene rings is 1. The summed E-state index contributed by atoms with van der Waals surface area (Å²) in [4.78, 5) is 13.5. The Morgan fingerprint density at radius 1 is 0.933 bits per heavy atom. The molecule has 1 heterocycles. The number of anilines is 1. The van der Waals surface area contributed by atoms with Gasteiger partial charge in [-0.25, -0.2) is 4.99 Å². The Balaban J connectivity index is 1.51. The van der Waals surface area contributed by atoms with Gasteiger partial charge in [0.25, 0.3) is 0 Å². The maximum absolute atomic E-state index is 6.21. The molecular weight excluding hydrogens is 374 g/mol. The van der Waals surface area contributed by atoms with E-state index in [2.05, 4.69) is 43.0 Å². The first-order chi connectivity index (χ1) is 14.8. The lowest BCUT2D eigenvalue weighted by Crippen LogP contribution is -2.37. The van der Waals surface area contributed by atoms with Crippen LogP contribution in [0, 0.1) is 0 Å². The highest BCUT2D eigenvalue weighted by atomic mass is 16.9. The van der Waals surface area contributed by atoms with Crippen LogP contribution in [0.2, 0.25) is 0 Å². The summed E-state index contributed by atoms with van der Waals surface area (Å²) in [6, 6.07) is 10.0. The molecule has 5 nitrogen and oxygen atoms in total. The molecule has 1 saturated heterocycles. The molecule has 2 aliphatic carbocycles. The van der Waals surface area contributed by atoms with Crippen LogP contribution in [0.1, 0.15) is 83.6 Å². The van der Waals surface area contributed by atoms with Crippen molar-refractivity contribution in [1.29, 1.82) is 0 Å². The summed E-state index contributed by atoms with van der Waals surface area (Å²) in [5.74, 6) is 0.547. The van der Waals surface area contributed by atoms with Crippen molar-refractivity contribution in [3.05, 3.63) is 35.8 Å². The van der Waals surface area contributed by atoms with Gasteiger partial charge in [0, 0.05) is 24.9 Å². The number of hydroxylamine groups is 2. The summed E-state index contributed by atoms with van der Waals surface area (Å²) in [7, 11) is 0. The summed E-state index contributed by atoms with van der Waals surface area (Å²) in [6.45, 7) is 6.40. The van der Waals surface area contributed by atoms with Gasteiger partial charge in [0.2, 0.25) is 0 Å². The second-order valence-corrected chi connectivity index (χ2v) is 8.74. The van der Waals surface area contributed by atoms with E-state index in [1.54, 1.807) is 0 Å². The van der Waals surface area contributed by atoms with Crippen molar-refractivity contribution in [2.24, 2.45) is 4.99 Å².